The lowest BCUT2D eigenvalue weighted by Gasteiger charge is -2.11. The van der Waals surface area contributed by atoms with Crippen LogP contribution in [0, 0.1) is 0 Å². The number of hydrazine groups is 1. The van der Waals surface area contributed by atoms with Gasteiger partial charge in [-0.25, -0.2) is 10.8 Å². The van der Waals surface area contributed by atoms with Crippen molar-refractivity contribution in [2.24, 2.45) is 10.8 Å². The minimum Gasteiger partial charge on any atom is -0.353 e. The smallest absolute Gasteiger partial charge is 0.213 e. The molecule has 1 heterocycles. The van der Waals surface area contributed by atoms with E-state index in [4.69, 9.17) is 5.84 Å². The van der Waals surface area contributed by atoms with Crippen LogP contribution in [-0.2, 0) is 6.54 Å². The third kappa shape index (κ3) is 3.40. The summed E-state index contributed by atoms with van der Waals surface area (Å²) in [7, 11) is 0. The van der Waals surface area contributed by atoms with Gasteiger partial charge in [0.2, 0.25) is 12.4 Å². The van der Waals surface area contributed by atoms with Gasteiger partial charge in [0.05, 0.1) is 0 Å². The molecule has 0 amide bonds. The molecule has 0 saturated carbocycles. The first-order valence-corrected chi connectivity index (χ1v) is 4.25. The van der Waals surface area contributed by atoms with Gasteiger partial charge in [0.1, 0.15) is 6.54 Å². The van der Waals surface area contributed by atoms with E-state index in [0.29, 0.717) is 18.3 Å². The Morgan fingerprint density at radius 3 is 3.00 bits per heavy atom. The molecule has 0 aliphatic heterocycles. The largest absolute Gasteiger partial charge is 0.353 e. The molecule has 78 valence electrons. The molecule has 0 spiro atoms. The summed E-state index contributed by atoms with van der Waals surface area (Å²) in [6, 6.07) is 0.259. The Bertz CT molecular complexity index is 280. The van der Waals surface area contributed by atoms with Crippen LogP contribution in [0.4, 0.5) is 0 Å². The summed E-state index contributed by atoms with van der Waals surface area (Å²) in [6.07, 6.45) is 1.26. The van der Waals surface area contributed by atoms with E-state index in [2.05, 4.69) is 30.4 Å². The second-order valence-corrected chi connectivity index (χ2v) is 2.96. The van der Waals surface area contributed by atoms with Crippen LogP contribution in [-0.4, -0.2) is 22.1 Å². The molecule has 0 saturated heterocycles. The highest BCUT2D eigenvalue weighted by atomic mass is 16.5. The number of hydrogen-bond donors (Lipinski definition) is 3. The minimum absolute atomic E-state index is 0.259. The SMILES string of the molecule is CC(C)NC(=NCc1ncon1)NN. The van der Waals surface area contributed by atoms with Crippen LogP contribution >= 0.6 is 0 Å². The van der Waals surface area contributed by atoms with E-state index in [9.17, 15) is 0 Å². The Kier molecular flexibility index (Phi) is 3.86. The van der Waals surface area contributed by atoms with Gasteiger partial charge in [-0.05, 0) is 13.8 Å². The number of hydrogen-bond acceptors (Lipinski definition) is 5. The number of nitrogens with zero attached hydrogens (tertiary/aromatic N) is 3. The van der Waals surface area contributed by atoms with Crippen molar-refractivity contribution in [3.05, 3.63) is 12.2 Å². The van der Waals surface area contributed by atoms with Crippen LogP contribution < -0.4 is 16.6 Å². The number of rotatable bonds is 3. The van der Waals surface area contributed by atoms with E-state index in [1.54, 1.807) is 0 Å². The topological polar surface area (TPSA) is 101 Å². The summed E-state index contributed by atoms with van der Waals surface area (Å²) >= 11 is 0. The fraction of sp³-hybridized carbons (Fsp3) is 0.571. The molecule has 1 aromatic rings. The lowest BCUT2D eigenvalue weighted by molar-refractivity contribution is 0.410. The molecule has 14 heavy (non-hydrogen) atoms. The van der Waals surface area contributed by atoms with E-state index in [-0.39, 0.29) is 6.04 Å². The monoisotopic (exact) mass is 198 g/mol. The molecule has 0 atom stereocenters. The van der Waals surface area contributed by atoms with Gasteiger partial charge in [-0.1, -0.05) is 5.16 Å². The van der Waals surface area contributed by atoms with Crippen LogP contribution in [0.25, 0.3) is 0 Å². The van der Waals surface area contributed by atoms with Crippen LogP contribution in [0.5, 0.6) is 0 Å². The van der Waals surface area contributed by atoms with Crippen LogP contribution in [0.1, 0.15) is 19.7 Å². The predicted octanol–water partition coefficient (Wildman–Crippen LogP) is -0.613. The summed E-state index contributed by atoms with van der Waals surface area (Å²) in [5, 5.41) is 6.63. The van der Waals surface area contributed by atoms with Crippen molar-refractivity contribution in [1.29, 1.82) is 0 Å². The first kappa shape index (κ1) is 10.5. The van der Waals surface area contributed by atoms with Gasteiger partial charge in [0.25, 0.3) is 0 Å². The molecule has 0 fully saturated rings. The van der Waals surface area contributed by atoms with Gasteiger partial charge in [0.15, 0.2) is 5.82 Å². The molecule has 1 aromatic heterocycles. The maximum Gasteiger partial charge on any atom is 0.213 e. The minimum atomic E-state index is 0.259. The van der Waals surface area contributed by atoms with E-state index in [0.717, 1.165) is 0 Å². The summed E-state index contributed by atoms with van der Waals surface area (Å²) in [6.45, 7) is 4.30. The number of nitrogens with one attached hydrogen (secondary N) is 2. The molecule has 7 heteroatoms. The fourth-order valence-electron chi connectivity index (χ4n) is 0.818. The zero-order chi connectivity index (χ0) is 10.4. The summed E-state index contributed by atoms with van der Waals surface area (Å²) in [4.78, 5) is 7.93. The van der Waals surface area contributed by atoms with Gasteiger partial charge in [0, 0.05) is 6.04 Å². The highest BCUT2D eigenvalue weighted by Crippen LogP contribution is 1.90. The van der Waals surface area contributed by atoms with E-state index in [1.807, 2.05) is 13.8 Å². The van der Waals surface area contributed by atoms with Gasteiger partial charge >= 0.3 is 0 Å². The molecule has 0 aromatic carbocycles. The predicted molar refractivity (Wildman–Crippen MR) is 51.0 cm³/mol. The molecule has 0 bridgehead atoms. The quantitative estimate of drug-likeness (QED) is 0.259. The second kappa shape index (κ2) is 5.18. The van der Waals surface area contributed by atoms with Crippen LogP contribution in [0.3, 0.4) is 0 Å². The van der Waals surface area contributed by atoms with Gasteiger partial charge in [-0.3, -0.25) is 5.43 Å². The Balaban J connectivity index is 2.48. The normalized spacial score (nSPS) is 11.9. The van der Waals surface area contributed by atoms with E-state index >= 15 is 0 Å². The maximum absolute atomic E-state index is 5.25. The number of aliphatic imine (C=N–C) groups is 1. The first-order chi connectivity index (χ1) is 6.72. The Labute approximate surface area is 81.7 Å². The van der Waals surface area contributed by atoms with Gasteiger partial charge in [-0.15, -0.1) is 0 Å². The lowest BCUT2D eigenvalue weighted by atomic mass is 10.4. The van der Waals surface area contributed by atoms with Crippen molar-refractivity contribution in [2.45, 2.75) is 26.4 Å². The molecule has 7 nitrogen and oxygen atoms in total. The van der Waals surface area contributed by atoms with Crippen molar-refractivity contribution in [1.82, 2.24) is 20.9 Å². The average Bonchev–Trinajstić information content (AvgIpc) is 2.64. The average molecular weight is 198 g/mol. The molecule has 0 unspecified atom stereocenters. The third-order valence-corrected chi connectivity index (χ3v) is 1.35. The summed E-state index contributed by atoms with van der Waals surface area (Å²) in [5.41, 5.74) is 2.45. The molecule has 0 radical (unpaired) electrons. The van der Waals surface area contributed by atoms with Crippen LogP contribution in [0.2, 0.25) is 0 Å². The zero-order valence-electron chi connectivity index (χ0n) is 8.19. The standard InChI is InChI=1S/C7H14N6O/c1-5(2)11-7(12-8)9-3-6-10-4-14-13-6/h4-5H,3,8H2,1-2H3,(H2,9,11,12). The van der Waals surface area contributed by atoms with E-state index in [1.165, 1.54) is 6.39 Å². The Morgan fingerprint density at radius 2 is 2.50 bits per heavy atom. The molecule has 0 aliphatic rings. The first-order valence-electron chi connectivity index (χ1n) is 4.25. The van der Waals surface area contributed by atoms with Crippen molar-refractivity contribution in [2.75, 3.05) is 0 Å². The second-order valence-electron chi connectivity index (χ2n) is 2.96. The number of nitrogens with two attached hydrogens (primary N) is 1. The highest BCUT2D eigenvalue weighted by molar-refractivity contribution is 5.79. The Morgan fingerprint density at radius 1 is 1.71 bits per heavy atom. The molecule has 1 rings (SSSR count). The van der Waals surface area contributed by atoms with Crippen molar-refractivity contribution < 1.29 is 4.52 Å². The summed E-state index contributed by atoms with van der Waals surface area (Å²) < 4.78 is 4.56. The van der Waals surface area contributed by atoms with Crippen molar-refractivity contribution >= 4 is 5.96 Å². The maximum atomic E-state index is 5.25. The van der Waals surface area contributed by atoms with Crippen LogP contribution in [0.15, 0.2) is 15.9 Å². The molecule has 4 N–H and O–H groups in total. The Hall–Kier alpha value is -1.63. The highest BCUT2D eigenvalue weighted by Gasteiger charge is 2.00. The van der Waals surface area contributed by atoms with Gasteiger partial charge < -0.3 is 9.84 Å². The number of aromatic nitrogens is 2. The zero-order valence-corrected chi connectivity index (χ0v) is 8.19. The van der Waals surface area contributed by atoms with Crippen molar-refractivity contribution in [3.8, 4) is 0 Å². The van der Waals surface area contributed by atoms with Crippen molar-refractivity contribution in [3.63, 3.8) is 0 Å². The number of guanidine groups is 1. The molecular formula is C7H14N6O. The molecular weight excluding hydrogens is 184 g/mol. The van der Waals surface area contributed by atoms with E-state index < -0.39 is 0 Å². The lowest BCUT2D eigenvalue weighted by Crippen LogP contribution is -2.44. The third-order valence-electron chi connectivity index (χ3n) is 1.35. The molecule has 0 aliphatic carbocycles. The fourth-order valence-corrected chi connectivity index (χ4v) is 0.818. The van der Waals surface area contributed by atoms with Gasteiger partial charge in [-0.2, -0.15) is 4.98 Å². The summed E-state index contributed by atoms with van der Waals surface area (Å²) in [5.74, 6) is 6.27.